The molecule has 0 bridgehead atoms. The smallest absolute Gasteiger partial charge is 0.281 e. The zero-order valence-corrected chi connectivity index (χ0v) is 15.6. The van der Waals surface area contributed by atoms with Crippen LogP contribution in [0.4, 0.5) is 0 Å². The number of aryl methyl sites for hydroxylation is 2. The number of amides is 1. The van der Waals surface area contributed by atoms with Gasteiger partial charge in [0.2, 0.25) is 5.91 Å². The molecular weight excluding hydrogens is 372 g/mol. The molecule has 3 heterocycles. The molecule has 26 heavy (non-hydrogen) atoms. The Morgan fingerprint density at radius 3 is 2.96 bits per heavy atom. The second-order valence-electron chi connectivity index (χ2n) is 5.65. The zero-order valence-electron chi connectivity index (χ0n) is 14.0. The molecule has 3 aromatic heterocycles. The van der Waals surface area contributed by atoms with E-state index in [1.165, 1.54) is 29.4 Å². The van der Waals surface area contributed by atoms with E-state index in [0.717, 1.165) is 20.6 Å². The molecule has 0 saturated heterocycles. The van der Waals surface area contributed by atoms with Crippen LogP contribution in [-0.4, -0.2) is 26.3 Å². The Hall–Kier alpha value is -2.65. The van der Waals surface area contributed by atoms with Crippen LogP contribution in [-0.2, 0) is 4.79 Å². The second kappa shape index (κ2) is 6.58. The number of carbonyl (C=O) groups is 1. The lowest BCUT2D eigenvalue weighted by Crippen LogP contribution is -2.34. The van der Waals surface area contributed by atoms with Crippen molar-refractivity contribution in [1.29, 1.82) is 0 Å². The van der Waals surface area contributed by atoms with Crippen LogP contribution in [0.15, 0.2) is 45.0 Å². The number of nitrogens with one attached hydrogen (secondary N) is 1. The van der Waals surface area contributed by atoms with Gasteiger partial charge in [0.1, 0.15) is 16.7 Å². The standard InChI is InChI=1S/C17H14N4O3S2/c1-9-10(2)26-15-14(9)16(23)21(8-18-15)20-13(22)7-25-17-19-11-5-3-4-6-12(11)24-17/h3-6,8H,7H2,1-2H3,(H,20,22). The molecule has 0 unspecified atom stereocenters. The summed E-state index contributed by atoms with van der Waals surface area (Å²) in [5.41, 5.74) is 4.59. The Balaban J connectivity index is 1.49. The highest BCUT2D eigenvalue weighted by Crippen LogP contribution is 2.25. The number of hydrogen-bond acceptors (Lipinski definition) is 7. The van der Waals surface area contributed by atoms with Gasteiger partial charge in [-0.05, 0) is 31.5 Å². The molecule has 4 rings (SSSR count). The summed E-state index contributed by atoms with van der Waals surface area (Å²) in [6.07, 6.45) is 1.34. The Morgan fingerprint density at radius 1 is 1.35 bits per heavy atom. The molecule has 0 aliphatic rings. The highest BCUT2D eigenvalue weighted by Gasteiger charge is 2.14. The average Bonchev–Trinajstić information content (AvgIpc) is 3.17. The van der Waals surface area contributed by atoms with Gasteiger partial charge in [0.15, 0.2) is 5.58 Å². The molecule has 9 heteroatoms. The van der Waals surface area contributed by atoms with Crippen LogP contribution in [0.2, 0.25) is 0 Å². The molecule has 0 spiro atoms. The minimum absolute atomic E-state index is 0.0684. The summed E-state index contributed by atoms with van der Waals surface area (Å²) < 4.78 is 6.68. The summed E-state index contributed by atoms with van der Waals surface area (Å²) in [6.45, 7) is 3.83. The zero-order chi connectivity index (χ0) is 18.3. The van der Waals surface area contributed by atoms with Crippen molar-refractivity contribution < 1.29 is 9.21 Å². The first-order chi connectivity index (χ1) is 12.5. The number of oxazole rings is 1. The first-order valence-corrected chi connectivity index (χ1v) is 9.58. The first-order valence-electron chi connectivity index (χ1n) is 7.78. The van der Waals surface area contributed by atoms with Crippen LogP contribution in [0.25, 0.3) is 21.3 Å². The maximum absolute atomic E-state index is 12.6. The average molecular weight is 386 g/mol. The number of aromatic nitrogens is 3. The maximum atomic E-state index is 12.6. The van der Waals surface area contributed by atoms with Crippen LogP contribution in [0.5, 0.6) is 0 Å². The van der Waals surface area contributed by atoms with Gasteiger partial charge in [0.25, 0.3) is 10.8 Å². The third-order valence-corrected chi connectivity index (χ3v) is 5.88. The molecule has 7 nitrogen and oxygen atoms in total. The van der Waals surface area contributed by atoms with Crippen LogP contribution >= 0.6 is 23.1 Å². The van der Waals surface area contributed by atoms with Crippen molar-refractivity contribution in [3.05, 3.63) is 51.4 Å². The molecular formula is C17H14N4O3S2. The Bertz CT molecular complexity index is 1160. The first kappa shape index (κ1) is 16.8. The third-order valence-electron chi connectivity index (χ3n) is 3.94. The number of carbonyl (C=O) groups excluding carboxylic acids is 1. The lowest BCUT2D eigenvalue weighted by Gasteiger charge is -2.06. The fourth-order valence-electron chi connectivity index (χ4n) is 2.52. The van der Waals surface area contributed by atoms with Crippen LogP contribution < -0.4 is 11.0 Å². The van der Waals surface area contributed by atoms with Crippen molar-refractivity contribution in [2.24, 2.45) is 0 Å². The summed E-state index contributed by atoms with van der Waals surface area (Å²) >= 11 is 2.63. The van der Waals surface area contributed by atoms with E-state index in [-0.39, 0.29) is 17.2 Å². The molecule has 0 saturated carbocycles. The lowest BCUT2D eigenvalue weighted by molar-refractivity contribution is -0.114. The molecule has 1 aromatic carbocycles. The topological polar surface area (TPSA) is 90.0 Å². The Labute approximate surface area is 156 Å². The van der Waals surface area contributed by atoms with E-state index >= 15 is 0 Å². The molecule has 4 aromatic rings. The number of thioether (sulfide) groups is 1. The normalized spacial score (nSPS) is 11.3. The van der Waals surface area contributed by atoms with E-state index in [1.807, 2.05) is 38.1 Å². The molecule has 0 aliphatic carbocycles. The molecule has 1 N–H and O–H groups in total. The van der Waals surface area contributed by atoms with Gasteiger partial charge in [-0.15, -0.1) is 11.3 Å². The molecule has 1 amide bonds. The summed E-state index contributed by atoms with van der Waals surface area (Å²) in [6, 6.07) is 7.39. The Morgan fingerprint density at radius 2 is 2.15 bits per heavy atom. The minimum atomic E-state index is -0.342. The molecule has 132 valence electrons. The van der Waals surface area contributed by atoms with Gasteiger partial charge in [0.05, 0.1) is 11.1 Å². The van der Waals surface area contributed by atoms with E-state index in [2.05, 4.69) is 15.4 Å². The predicted octanol–water partition coefficient (Wildman–Crippen LogP) is 3.08. The highest BCUT2D eigenvalue weighted by molar-refractivity contribution is 7.99. The van der Waals surface area contributed by atoms with E-state index in [4.69, 9.17) is 4.42 Å². The van der Waals surface area contributed by atoms with E-state index < -0.39 is 0 Å². The molecule has 0 atom stereocenters. The molecule has 0 radical (unpaired) electrons. The number of hydrogen-bond donors (Lipinski definition) is 1. The predicted molar refractivity (Wildman–Crippen MR) is 102 cm³/mol. The number of thiophene rings is 1. The van der Waals surface area contributed by atoms with Gasteiger partial charge in [-0.25, -0.2) is 14.6 Å². The van der Waals surface area contributed by atoms with E-state index in [0.29, 0.717) is 21.0 Å². The summed E-state index contributed by atoms with van der Waals surface area (Å²) in [7, 11) is 0. The van der Waals surface area contributed by atoms with Gasteiger partial charge >= 0.3 is 0 Å². The van der Waals surface area contributed by atoms with Crippen molar-refractivity contribution in [1.82, 2.24) is 14.6 Å². The van der Waals surface area contributed by atoms with Gasteiger partial charge in [0, 0.05) is 4.88 Å². The number of fused-ring (bicyclic) bond motifs is 2. The van der Waals surface area contributed by atoms with Gasteiger partial charge in [-0.2, -0.15) is 0 Å². The third kappa shape index (κ3) is 2.99. The van der Waals surface area contributed by atoms with E-state index in [9.17, 15) is 9.59 Å². The number of rotatable bonds is 4. The SMILES string of the molecule is Cc1sc2ncn(NC(=O)CSc3nc4ccccc4o3)c(=O)c2c1C. The van der Waals surface area contributed by atoms with Crippen molar-refractivity contribution in [3.63, 3.8) is 0 Å². The van der Waals surface area contributed by atoms with Crippen molar-refractivity contribution in [2.45, 2.75) is 19.1 Å². The van der Waals surface area contributed by atoms with Gasteiger partial charge in [-0.1, -0.05) is 23.9 Å². The second-order valence-corrected chi connectivity index (χ2v) is 7.78. The lowest BCUT2D eigenvalue weighted by atomic mass is 10.2. The summed E-state index contributed by atoms with van der Waals surface area (Å²) in [5.74, 6) is -0.274. The maximum Gasteiger partial charge on any atom is 0.281 e. The fourth-order valence-corrected chi connectivity index (χ4v) is 4.14. The summed E-state index contributed by atoms with van der Waals surface area (Å²) in [5, 5.41) is 0.952. The fraction of sp³-hybridized carbons (Fsp3) is 0.176. The van der Waals surface area contributed by atoms with E-state index in [1.54, 1.807) is 0 Å². The quantitative estimate of drug-likeness (QED) is 0.542. The monoisotopic (exact) mass is 386 g/mol. The number of benzene rings is 1. The van der Waals surface area contributed by atoms with Crippen LogP contribution in [0.3, 0.4) is 0 Å². The molecule has 0 aliphatic heterocycles. The minimum Gasteiger partial charge on any atom is -0.431 e. The Kier molecular flexibility index (Phi) is 4.25. The van der Waals surface area contributed by atoms with Crippen molar-refractivity contribution in [3.8, 4) is 0 Å². The molecule has 0 fully saturated rings. The number of para-hydroxylation sites is 2. The summed E-state index contributed by atoms with van der Waals surface area (Å²) in [4.78, 5) is 35.0. The van der Waals surface area contributed by atoms with Gasteiger partial charge in [-0.3, -0.25) is 15.0 Å². The van der Waals surface area contributed by atoms with Crippen LogP contribution in [0, 0.1) is 13.8 Å². The highest BCUT2D eigenvalue weighted by atomic mass is 32.2. The number of nitrogens with zero attached hydrogens (tertiary/aromatic N) is 3. The largest absolute Gasteiger partial charge is 0.431 e. The van der Waals surface area contributed by atoms with Gasteiger partial charge < -0.3 is 4.42 Å². The van der Waals surface area contributed by atoms with Crippen LogP contribution in [0.1, 0.15) is 10.4 Å². The van der Waals surface area contributed by atoms with Crippen molar-refractivity contribution >= 4 is 50.3 Å². The van der Waals surface area contributed by atoms with Crippen molar-refractivity contribution in [2.75, 3.05) is 11.2 Å².